The van der Waals surface area contributed by atoms with Gasteiger partial charge >= 0.3 is 0 Å². The van der Waals surface area contributed by atoms with Gasteiger partial charge in [-0.15, -0.1) is 22.7 Å². The normalized spacial score (nSPS) is 11.1. The predicted molar refractivity (Wildman–Crippen MR) is 274 cm³/mol. The predicted octanol–water partition coefficient (Wildman–Crippen LogP) is 13.9. The molecule has 0 aliphatic carbocycles. The van der Waals surface area contributed by atoms with Crippen LogP contribution in [-0.2, 0) is 6.42 Å². The van der Waals surface area contributed by atoms with Gasteiger partial charge in [-0.25, -0.2) is 18.7 Å². The molecule has 0 saturated carbocycles. The number of nitrogens with zero attached hydrogens (tertiary/aromatic N) is 2. The molecule has 14 heteroatoms. The van der Waals surface area contributed by atoms with Crippen LogP contribution in [0.4, 0.5) is 8.78 Å². The lowest BCUT2D eigenvalue weighted by Crippen LogP contribution is -2.08. The Bertz CT molecular complexity index is 3270. The summed E-state index contributed by atoms with van der Waals surface area (Å²) in [5, 5.41) is 5.26. The van der Waals surface area contributed by atoms with Gasteiger partial charge in [0.25, 0.3) is 0 Å². The molecule has 8 rings (SSSR count). The first kappa shape index (κ1) is 50.5. The summed E-state index contributed by atoms with van der Waals surface area (Å²) in [6.45, 7) is 3.96. The lowest BCUT2D eigenvalue weighted by molar-refractivity contribution is 0.0915. The molecule has 0 radical (unpaired) electrons. The van der Waals surface area contributed by atoms with Crippen LogP contribution in [-0.4, -0.2) is 61.5 Å². The van der Waals surface area contributed by atoms with E-state index in [1.165, 1.54) is 63.2 Å². The largest absolute Gasteiger partial charge is 0.493 e. The molecule has 0 N–H and O–H groups in total. The number of carbonyl (C=O) groups is 4. The second kappa shape index (κ2) is 23.3. The van der Waals surface area contributed by atoms with Crippen molar-refractivity contribution in [2.75, 3.05) is 28.4 Å². The Morgan fingerprint density at radius 2 is 1.01 bits per heavy atom. The van der Waals surface area contributed by atoms with Crippen LogP contribution in [0.1, 0.15) is 98.8 Å². The number of rotatable bonds is 19. The van der Waals surface area contributed by atoms with Gasteiger partial charge in [-0.1, -0.05) is 49.8 Å². The molecule has 4 aromatic heterocycles. The maximum Gasteiger partial charge on any atom is 0.181 e. The maximum absolute atomic E-state index is 14.2. The molecule has 0 unspecified atom stereocenters. The Morgan fingerprint density at radius 1 is 0.557 bits per heavy atom. The van der Waals surface area contributed by atoms with Crippen LogP contribution in [0.2, 0.25) is 0 Å². The van der Waals surface area contributed by atoms with Crippen molar-refractivity contribution in [3.63, 3.8) is 0 Å². The van der Waals surface area contributed by atoms with Crippen LogP contribution in [0.3, 0.4) is 0 Å². The number of thiophene rings is 2. The number of allylic oxidation sites excluding steroid dienone is 1. The minimum atomic E-state index is -0.284. The van der Waals surface area contributed by atoms with Gasteiger partial charge in [0.2, 0.25) is 0 Å². The second-order valence-electron chi connectivity index (χ2n) is 16.0. The number of carbonyl (C=O) groups excluding carboxylic acids is 4. The zero-order valence-corrected chi connectivity index (χ0v) is 41.2. The number of halogens is 2. The first-order valence-electron chi connectivity index (χ1n) is 22.4. The van der Waals surface area contributed by atoms with E-state index in [1.807, 2.05) is 54.1 Å². The number of fused-ring (bicyclic) bond motifs is 2. The van der Waals surface area contributed by atoms with Gasteiger partial charge in [-0.2, -0.15) is 0 Å². The molecule has 0 aliphatic heterocycles. The molecule has 0 fully saturated rings. The molecule has 4 heterocycles. The number of methoxy groups -OCH3 is 4. The summed E-state index contributed by atoms with van der Waals surface area (Å²) in [5.74, 6) is 0.635. The van der Waals surface area contributed by atoms with Crippen molar-refractivity contribution < 1.29 is 46.9 Å². The van der Waals surface area contributed by atoms with Crippen molar-refractivity contribution in [2.24, 2.45) is 0 Å². The first-order chi connectivity index (χ1) is 33.9. The highest BCUT2D eigenvalue weighted by molar-refractivity contribution is 7.18. The number of ether oxygens (including phenoxy) is 4. The highest BCUT2D eigenvalue weighted by Gasteiger charge is 2.20. The van der Waals surface area contributed by atoms with Crippen LogP contribution >= 0.6 is 22.7 Å². The number of hydrogen-bond acceptors (Lipinski definition) is 12. The van der Waals surface area contributed by atoms with Crippen LogP contribution in [0.15, 0.2) is 114 Å². The van der Waals surface area contributed by atoms with Crippen molar-refractivity contribution in [1.82, 2.24) is 9.97 Å². The van der Waals surface area contributed by atoms with E-state index in [-0.39, 0.29) is 66.1 Å². The zero-order chi connectivity index (χ0) is 49.9. The van der Waals surface area contributed by atoms with Crippen molar-refractivity contribution in [3.8, 4) is 45.5 Å². The number of hydrogen-bond donors (Lipinski definition) is 0. The summed E-state index contributed by atoms with van der Waals surface area (Å²) in [7, 11) is 6.06. The smallest absolute Gasteiger partial charge is 0.181 e. The molecule has 0 atom stereocenters. The minimum Gasteiger partial charge on any atom is -0.493 e. The third-order valence-corrected chi connectivity index (χ3v) is 13.4. The third-order valence-electron chi connectivity index (χ3n) is 11.4. The average Bonchev–Trinajstić information content (AvgIpc) is 4.03. The summed E-state index contributed by atoms with van der Waals surface area (Å²) in [6, 6.07) is 27.1. The van der Waals surface area contributed by atoms with Crippen LogP contribution in [0, 0.1) is 11.6 Å². The molecule has 0 amide bonds. The maximum atomic E-state index is 14.2. The quantitative estimate of drug-likeness (QED) is 0.0722. The van der Waals surface area contributed by atoms with Crippen molar-refractivity contribution in [1.29, 1.82) is 0 Å². The molecule has 0 spiro atoms. The van der Waals surface area contributed by atoms with Crippen LogP contribution in [0.5, 0.6) is 23.0 Å². The molecule has 10 nitrogen and oxygen atoms in total. The Balaban J connectivity index is 0.000000206. The van der Waals surface area contributed by atoms with Gasteiger partial charge in [0.05, 0.1) is 49.2 Å². The number of ketones is 4. The standard InChI is InChI=1S/C28H26FNO4S.C28H24FNO4S/c2*1-4-6-17-13-22(20-16-35-28-19(20)7-5-8-21(28)29)30-23(14-17)25(32)11-10-24(31)18-9-12-26(33-2)27(15-18)34-3/h5,7-9,12-16H,4,6,10-11H2,1-3H3;4-9,12-16H,10-11H2,1-3H3/b;6-4-. The minimum absolute atomic E-state index is 0.0118. The van der Waals surface area contributed by atoms with E-state index in [0.29, 0.717) is 60.6 Å². The van der Waals surface area contributed by atoms with Crippen molar-refractivity contribution in [2.45, 2.75) is 52.4 Å². The summed E-state index contributed by atoms with van der Waals surface area (Å²) in [5.41, 5.74) is 6.09. The van der Waals surface area contributed by atoms with Crippen molar-refractivity contribution in [3.05, 3.63) is 159 Å². The fourth-order valence-electron chi connectivity index (χ4n) is 7.88. The van der Waals surface area contributed by atoms with Gasteiger partial charge in [-0.05, 0) is 97.3 Å². The van der Waals surface area contributed by atoms with E-state index >= 15 is 0 Å². The fraction of sp³-hybridized carbons (Fsp3) is 0.214. The molecule has 0 bridgehead atoms. The zero-order valence-electron chi connectivity index (χ0n) is 39.5. The van der Waals surface area contributed by atoms with E-state index in [1.54, 1.807) is 60.7 Å². The first-order valence-corrected chi connectivity index (χ1v) is 24.2. The molecule has 358 valence electrons. The van der Waals surface area contributed by atoms with Gasteiger partial charge in [-0.3, -0.25) is 19.2 Å². The lowest BCUT2D eigenvalue weighted by atomic mass is 10.0. The van der Waals surface area contributed by atoms with Crippen LogP contribution in [0.25, 0.3) is 48.8 Å². The number of pyridine rings is 2. The summed E-state index contributed by atoms with van der Waals surface area (Å²) < 4.78 is 50.5. The number of benzene rings is 4. The molecular formula is C56H50F2N2O8S2. The Hall–Kier alpha value is -7.42. The number of aryl methyl sites for hydroxylation is 1. The van der Waals surface area contributed by atoms with Gasteiger partial charge in [0.15, 0.2) is 46.1 Å². The molecule has 8 aromatic rings. The third kappa shape index (κ3) is 11.5. The fourth-order valence-corrected chi connectivity index (χ4v) is 9.82. The molecule has 70 heavy (non-hydrogen) atoms. The summed E-state index contributed by atoms with van der Waals surface area (Å²) >= 11 is 2.63. The Kier molecular flexibility index (Phi) is 16.8. The van der Waals surface area contributed by atoms with E-state index < -0.39 is 0 Å². The van der Waals surface area contributed by atoms with Gasteiger partial charge in [0.1, 0.15) is 23.0 Å². The SMILES string of the molecule is C/C=C\c1cc(C(=O)CCC(=O)c2ccc(OC)c(OC)c2)nc(-c2csc3c(F)cccc23)c1.CCCc1cc(C(=O)CCC(=O)c2ccc(OC)c(OC)c2)nc(-c2csc3c(F)cccc23)c1. The number of Topliss-reactive ketones (excluding diaryl/α,β-unsaturated/α-hetero) is 4. The van der Waals surface area contributed by atoms with Crippen molar-refractivity contribution >= 4 is 72.1 Å². The lowest BCUT2D eigenvalue weighted by Gasteiger charge is -2.10. The number of aromatic nitrogens is 2. The summed E-state index contributed by atoms with van der Waals surface area (Å²) in [6.07, 6.45) is 5.59. The van der Waals surface area contributed by atoms with E-state index in [2.05, 4.69) is 16.9 Å². The molecule has 0 aliphatic rings. The van der Waals surface area contributed by atoms with Crippen LogP contribution < -0.4 is 18.9 Å². The van der Waals surface area contributed by atoms with E-state index in [9.17, 15) is 28.0 Å². The van der Waals surface area contributed by atoms with Gasteiger partial charge < -0.3 is 18.9 Å². The topological polar surface area (TPSA) is 131 Å². The van der Waals surface area contributed by atoms with Gasteiger partial charge in [0, 0.05) is 69.5 Å². The average molecular weight is 981 g/mol. The van der Waals surface area contributed by atoms with E-state index in [4.69, 9.17) is 18.9 Å². The highest BCUT2D eigenvalue weighted by atomic mass is 32.1. The summed E-state index contributed by atoms with van der Waals surface area (Å²) in [4.78, 5) is 60.8. The molecule has 4 aromatic carbocycles. The van der Waals surface area contributed by atoms with E-state index in [0.717, 1.165) is 45.9 Å². The highest BCUT2D eigenvalue weighted by Crippen LogP contribution is 2.37. The Labute approximate surface area is 412 Å². The molecular weight excluding hydrogens is 931 g/mol. The molecule has 0 saturated heterocycles. The second-order valence-corrected chi connectivity index (χ2v) is 17.8. The monoisotopic (exact) mass is 980 g/mol. The Morgan fingerprint density at radius 3 is 1.47 bits per heavy atom.